The molecule has 1 saturated heterocycles. The van der Waals surface area contributed by atoms with Gasteiger partial charge in [-0.2, -0.15) is 0 Å². The van der Waals surface area contributed by atoms with Crippen LogP contribution in [0.15, 0.2) is 61.1 Å². The molecular formula is C20H19FN4S. The average Bonchev–Trinajstić information content (AvgIpc) is 3.21. The van der Waals surface area contributed by atoms with Crippen LogP contribution >= 0.6 is 12.2 Å². The minimum atomic E-state index is -0.218. The molecule has 1 N–H and O–H groups in total. The lowest BCUT2D eigenvalue weighted by Crippen LogP contribution is -2.29. The van der Waals surface area contributed by atoms with E-state index in [-0.39, 0.29) is 17.9 Å². The van der Waals surface area contributed by atoms with Crippen molar-refractivity contribution >= 4 is 23.0 Å². The monoisotopic (exact) mass is 366 g/mol. The van der Waals surface area contributed by atoms with Gasteiger partial charge in [-0.25, -0.2) is 4.39 Å². The fraction of sp³-hybridized carbons (Fsp3) is 0.200. The number of nitrogens with zero attached hydrogens (tertiary/aromatic N) is 3. The third-order valence-electron chi connectivity index (χ3n) is 4.71. The normalized spacial score (nSPS) is 19.7. The molecule has 1 aliphatic rings. The summed E-state index contributed by atoms with van der Waals surface area (Å²) in [6.07, 6.45) is 5.88. The zero-order valence-electron chi connectivity index (χ0n) is 14.6. The highest BCUT2D eigenvalue weighted by Crippen LogP contribution is 2.41. The zero-order chi connectivity index (χ0) is 18.3. The number of aromatic nitrogens is 2. The van der Waals surface area contributed by atoms with Crippen molar-refractivity contribution in [3.8, 4) is 0 Å². The van der Waals surface area contributed by atoms with Gasteiger partial charge in [0.2, 0.25) is 0 Å². The van der Waals surface area contributed by atoms with Gasteiger partial charge in [-0.1, -0.05) is 6.07 Å². The third-order valence-corrected chi connectivity index (χ3v) is 5.03. The Kier molecular flexibility index (Phi) is 4.20. The Morgan fingerprint density at radius 2 is 2.04 bits per heavy atom. The molecule has 2 unspecified atom stereocenters. The highest BCUT2D eigenvalue weighted by molar-refractivity contribution is 7.80. The first-order chi connectivity index (χ1) is 12.5. The first-order valence-corrected chi connectivity index (χ1v) is 8.84. The summed E-state index contributed by atoms with van der Waals surface area (Å²) in [4.78, 5) is 6.57. The third kappa shape index (κ3) is 2.86. The molecule has 0 bridgehead atoms. The largest absolute Gasteiger partial charge is 0.357 e. The highest BCUT2D eigenvalue weighted by Gasteiger charge is 2.41. The van der Waals surface area contributed by atoms with Crippen molar-refractivity contribution < 1.29 is 4.39 Å². The summed E-state index contributed by atoms with van der Waals surface area (Å²) in [5.74, 6) is -0.218. The summed E-state index contributed by atoms with van der Waals surface area (Å²) in [6.45, 7) is 1.76. The van der Waals surface area contributed by atoms with Crippen LogP contribution in [0.5, 0.6) is 0 Å². The summed E-state index contributed by atoms with van der Waals surface area (Å²) in [5.41, 5.74) is 3.51. The Morgan fingerprint density at radius 1 is 1.19 bits per heavy atom. The van der Waals surface area contributed by atoms with Crippen molar-refractivity contribution in [3.05, 3.63) is 83.7 Å². The Morgan fingerprint density at radius 3 is 2.69 bits per heavy atom. The fourth-order valence-corrected chi connectivity index (χ4v) is 3.80. The van der Waals surface area contributed by atoms with Crippen molar-refractivity contribution in [2.75, 3.05) is 4.90 Å². The second kappa shape index (κ2) is 6.53. The van der Waals surface area contributed by atoms with Gasteiger partial charge in [0, 0.05) is 31.3 Å². The molecule has 3 heterocycles. The number of nitrogens with one attached hydrogen (secondary N) is 1. The molecule has 1 fully saturated rings. The number of halogens is 1. The molecular weight excluding hydrogens is 347 g/mol. The van der Waals surface area contributed by atoms with Gasteiger partial charge in [-0.15, -0.1) is 0 Å². The Bertz CT molecular complexity index is 953. The van der Waals surface area contributed by atoms with Crippen molar-refractivity contribution in [3.63, 3.8) is 0 Å². The van der Waals surface area contributed by atoms with Crippen molar-refractivity contribution in [2.24, 2.45) is 7.05 Å². The SMILES string of the molecule is Cc1cc(N2C(=S)NC(c3ccccn3)C2c2ccn(C)c2)ccc1F. The zero-order valence-corrected chi connectivity index (χ0v) is 15.4. The van der Waals surface area contributed by atoms with Crippen LogP contribution in [-0.4, -0.2) is 14.7 Å². The van der Waals surface area contributed by atoms with Gasteiger partial charge in [-0.3, -0.25) is 4.98 Å². The second-order valence-corrected chi connectivity index (χ2v) is 6.93. The van der Waals surface area contributed by atoms with Crippen LogP contribution in [0, 0.1) is 12.7 Å². The van der Waals surface area contributed by atoms with E-state index >= 15 is 0 Å². The van der Waals surface area contributed by atoms with E-state index in [4.69, 9.17) is 12.2 Å². The van der Waals surface area contributed by atoms with Crippen molar-refractivity contribution in [1.29, 1.82) is 0 Å². The lowest BCUT2D eigenvalue weighted by atomic mass is 9.98. The van der Waals surface area contributed by atoms with E-state index in [0.29, 0.717) is 10.7 Å². The maximum absolute atomic E-state index is 13.8. The molecule has 0 radical (unpaired) electrons. The summed E-state index contributed by atoms with van der Waals surface area (Å²) in [6, 6.07) is 12.9. The van der Waals surface area contributed by atoms with E-state index in [1.54, 1.807) is 19.2 Å². The Labute approximate surface area is 157 Å². The maximum Gasteiger partial charge on any atom is 0.174 e. The Balaban J connectivity index is 1.83. The minimum absolute atomic E-state index is 0.0662. The highest BCUT2D eigenvalue weighted by atomic mass is 32.1. The number of rotatable bonds is 3. The molecule has 2 aromatic heterocycles. The quantitative estimate of drug-likeness (QED) is 0.709. The number of anilines is 1. The van der Waals surface area contributed by atoms with Gasteiger partial charge in [0.15, 0.2) is 5.11 Å². The first kappa shape index (κ1) is 16.7. The number of benzene rings is 1. The maximum atomic E-state index is 13.8. The molecule has 0 saturated carbocycles. The lowest BCUT2D eigenvalue weighted by Gasteiger charge is -2.27. The van der Waals surface area contributed by atoms with E-state index < -0.39 is 0 Å². The first-order valence-electron chi connectivity index (χ1n) is 8.43. The number of hydrogen-bond donors (Lipinski definition) is 1. The minimum Gasteiger partial charge on any atom is -0.357 e. The van der Waals surface area contributed by atoms with E-state index in [1.807, 2.05) is 42.1 Å². The van der Waals surface area contributed by atoms with Crippen LogP contribution < -0.4 is 10.2 Å². The van der Waals surface area contributed by atoms with Gasteiger partial charge in [0.1, 0.15) is 5.82 Å². The van der Waals surface area contributed by atoms with Crippen LogP contribution in [0.3, 0.4) is 0 Å². The fourth-order valence-electron chi connectivity index (χ4n) is 3.45. The predicted molar refractivity (Wildman–Crippen MR) is 104 cm³/mol. The van der Waals surface area contributed by atoms with Gasteiger partial charge in [0.25, 0.3) is 0 Å². The van der Waals surface area contributed by atoms with Crippen LogP contribution in [-0.2, 0) is 7.05 Å². The summed E-state index contributed by atoms with van der Waals surface area (Å²) in [5, 5.41) is 4.01. The van der Waals surface area contributed by atoms with Crippen molar-refractivity contribution in [2.45, 2.75) is 19.0 Å². The van der Waals surface area contributed by atoms with Crippen LogP contribution in [0.25, 0.3) is 0 Å². The lowest BCUT2D eigenvalue weighted by molar-refractivity contribution is 0.567. The smallest absolute Gasteiger partial charge is 0.174 e. The van der Waals surface area contributed by atoms with Crippen molar-refractivity contribution in [1.82, 2.24) is 14.9 Å². The molecule has 4 nitrogen and oxygen atoms in total. The second-order valence-electron chi connectivity index (χ2n) is 6.54. The van der Waals surface area contributed by atoms with E-state index in [1.165, 1.54) is 6.07 Å². The number of thiocarbonyl (C=S) groups is 1. The molecule has 4 rings (SSSR count). The molecule has 132 valence electrons. The van der Waals surface area contributed by atoms with Crippen LogP contribution in [0.4, 0.5) is 10.1 Å². The summed E-state index contributed by atoms with van der Waals surface area (Å²) >= 11 is 5.65. The summed E-state index contributed by atoms with van der Waals surface area (Å²) in [7, 11) is 1.99. The van der Waals surface area contributed by atoms with E-state index in [2.05, 4.69) is 27.5 Å². The Hall–Kier alpha value is -2.73. The molecule has 0 aliphatic carbocycles. The van der Waals surface area contributed by atoms with Gasteiger partial charge < -0.3 is 14.8 Å². The van der Waals surface area contributed by atoms with Gasteiger partial charge in [-0.05, 0) is 66.7 Å². The standard InChI is InChI=1S/C20H19FN4S/c1-13-11-15(6-7-16(13)21)25-19(14-8-10-24(2)12-14)18(23-20(25)26)17-5-3-4-9-22-17/h3-12,18-19H,1-2H3,(H,23,26). The molecule has 0 spiro atoms. The van der Waals surface area contributed by atoms with Gasteiger partial charge >= 0.3 is 0 Å². The summed E-state index contributed by atoms with van der Waals surface area (Å²) < 4.78 is 15.8. The molecule has 2 atom stereocenters. The van der Waals surface area contributed by atoms with E-state index in [9.17, 15) is 4.39 Å². The molecule has 3 aromatic rings. The molecule has 6 heteroatoms. The molecule has 1 aromatic carbocycles. The molecule has 0 amide bonds. The number of aryl methyl sites for hydroxylation is 2. The molecule has 26 heavy (non-hydrogen) atoms. The van der Waals surface area contributed by atoms with Crippen LogP contribution in [0.1, 0.15) is 28.9 Å². The average molecular weight is 366 g/mol. The van der Waals surface area contributed by atoms with Crippen LogP contribution in [0.2, 0.25) is 0 Å². The van der Waals surface area contributed by atoms with Gasteiger partial charge in [0.05, 0.1) is 17.8 Å². The molecule has 1 aliphatic heterocycles. The topological polar surface area (TPSA) is 33.1 Å². The number of hydrogen-bond acceptors (Lipinski definition) is 2. The predicted octanol–water partition coefficient (Wildman–Crippen LogP) is 4.04. The van der Waals surface area contributed by atoms with E-state index in [0.717, 1.165) is 16.9 Å². The number of pyridine rings is 1.